The highest BCUT2D eigenvalue weighted by Crippen LogP contribution is 2.23. The lowest BCUT2D eigenvalue weighted by Crippen LogP contribution is -2.60. The standard InChI is InChI=1S/C60H117NO8/c1-3-5-7-9-10-11-12-13-14-15-16-17-18-19-20-21-22-23-24-25-26-27-28-29-30-31-32-33-34-35-36-37-38-39-40-41-42-43-44-46-48-50-56(64)61-53(54(63)49-47-45-8-6-4-2)52-68-60-59(67)58(66)57(65)55(51-62)69-60/h15-16,53-55,57-60,62-63,65-67H,3-14,17-52H2,1-2H3,(H,61,64)/b16-15-. The third-order valence-corrected chi connectivity index (χ3v) is 14.9. The Morgan fingerprint density at radius 2 is 0.812 bits per heavy atom. The van der Waals surface area contributed by atoms with Crippen molar-refractivity contribution in [1.82, 2.24) is 5.32 Å². The minimum Gasteiger partial charge on any atom is -0.394 e. The number of nitrogens with one attached hydrogen (secondary N) is 1. The van der Waals surface area contributed by atoms with Crippen molar-refractivity contribution in [3.63, 3.8) is 0 Å². The van der Waals surface area contributed by atoms with Gasteiger partial charge >= 0.3 is 0 Å². The first kappa shape index (κ1) is 65.9. The van der Waals surface area contributed by atoms with E-state index in [1.54, 1.807) is 0 Å². The zero-order chi connectivity index (χ0) is 50.1. The topological polar surface area (TPSA) is 149 Å². The zero-order valence-electron chi connectivity index (χ0n) is 45.6. The number of allylic oxidation sites excluding steroid dienone is 2. The van der Waals surface area contributed by atoms with E-state index in [4.69, 9.17) is 9.47 Å². The highest BCUT2D eigenvalue weighted by molar-refractivity contribution is 5.76. The van der Waals surface area contributed by atoms with E-state index < -0.39 is 49.5 Å². The van der Waals surface area contributed by atoms with Crippen molar-refractivity contribution in [2.75, 3.05) is 13.2 Å². The molecule has 0 aromatic carbocycles. The van der Waals surface area contributed by atoms with Crippen LogP contribution in [0.3, 0.4) is 0 Å². The van der Waals surface area contributed by atoms with Crippen LogP contribution in [0.2, 0.25) is 0 Å². The molecule has 6 N–H and O–H groups in total. The molecule has 9 heteroatoms. The molecule has 7 atom stereocenters. The first-order chi connectivity index (χ1) is 33.8. The van der Waals surface area contributed by atoms with Crippen LogP contribution in [0.25, 0.3) is 0 Å². The Bertz CT molecular complexity index is 1090. The van der Waals surface area contributed by atoms with E-state index in [2.05, 4.69) is 31.3 Å². The zero-order valence-corrected chi connectivity index (χ0v) is 45.6. The number of aliphatic hydroxyl groups excluding tert-OH is 5. The van der Waals surface area contributed by atoms with Crippen LogP contribution in [0.4, 0.5) is 0 Å². The molecule has 1 saturated heterocycles. The molecule has 0 spiro atoms. The fourth-order valence-electron chi connectivity index (χ4n) is 10.0. The van der Waals surface area contributed by atoms with Crippen LogP contribution < -0.4 is 5.32 Å². The number of amides is 1. The molecule has 0 aromatic heterocycles. The summed E-state index contributed by atoms with van der Waals surface area (Å²) in [5, 5.41) is 54.0. The van der Waals surface area contributed by atoms with Gasteiger partial charge in [0.15, 0.2) is 6.29 Å². The molecule has 1 heterocycles. The summed E-state index contributed by atoms with van der Waals surface area (Å²) in [6.07, 6.45) is 56.5. The number of hydrogen-bond donors (Lipinski definition) is 6. The van der Waals surface area contributed by atoms with Crippen molar-refractivity contribution in [3.8, 4) is 0 Å². The van der Waals surface area contributed by atoms with Gasteiger partial charge < -0.3 is 40.3 Å². The monoisotopic (exact) mass is 980 g/mol. The van der Waals surface area contributed by atoms with Crippen molar-refractivity contribution in [2.24, 2.45) is 0 Å². The second-order valence-corrected chi connectivity index (χ2v) is 21.5. The summed E-state index contributed by atoms with van der Waals surface area (Å²) in [6, 6.07) is -0.710. The number of rotatable bonds is 53. The van der Waals surface area contributed by atoms with Crippen LogP contribution in [-0.4, -0.2) is 87.5 Å². The summed E-state index contributed by atoms with van der Waals surface area (Å²) in [5.74, 6) is -0.145. The van der Waals surface area contributed by atoms with Crippen LogP contribution in [0.1, 0.15) is 309 Å². The summed E-state index contributed by atoms with van der Waals surface area (Å²) in [7, 11) is 0. The molecule has 0 radical (unpaired) electrons. The van der Waals surface area contributed by atoms with Gasteiger partial charge in [0, 0.05) is 6.42 Å². The molecule has 1 aliphatic heterocycles. The lowest BCUT2D eigenvalue weighted by atomic mass is 9.99. The Morgan fingerprint density at radius 3 is 1.17 bits per heavy atom. The van der Waals surface area contributed by atoms with Crippen molar-refractivity contribution >= 4 is 5.91 Å². The maximum atomic E-state index is 12.9. The van der Waals surface area contributed by atoms with E-state index in [-0.39, 0.29) is 12.5 Å². The van der Waals surface area contributed by atoms with Gasteiger partial charge in [0.05, 0.1) is 25.4 Å². The molecule has 7 unspecified atom stereocenters. The normalized spacial score (nSPS) is 19.4. The van der Waals surface area contributed by atoms with Gasteiger partial charge in [0.1, 0.15) is 24.4 Å². The van der Waals surface area contributed by atoms with E-state index in [1.807, 2.05) is 0 Å². The summed E-state index contributed by atoms with van der Waals surface area (Å²) < 4.78 is 11.2. The molecule has 1 aliphatic rings. The Morgan fingerprint density at radius 1 is 0.478 bits per heavy atom. The van der Waals surface area contributed by atoms with Gasteiger partial charge in [-0.15, -0.1) is 0 Å². The molecular formula is C60H117NO8. The van der Waals surface area contributed by atoms with Gasteiger partial charge in [0.2, 0.25) is 5.91 Å². The third-order valence-electron chi connectivity index (χ3n) is 14.9. The van der Waals surface area contributed by atoms with Gasteiger partial charge in [-0.3, -0.25) is 4.79 Å². The first-order valence-corrected chi connectivity index (χ1v) is 30.4. The molecule has 1 rings (SSSR count). The minimum atomic E-state index is -1.55. The predicted molar refractivity (Wildman–Crippen MR) is 291 cm³/mol. The maximum absolute atomic E-state index is 12.9. The van der Waals surface area contributed by atoms with E-state index in [9.17, 15) is 30.3 Å². The fraction of sp³-hybridized carbons (Fsp3) is 0.950. The summed E-state index contributed by atoms with van der Waals surface area (Å²) >= 11 is 0. The number of unbranched alkanes of at least 4 members (excludes halogenated alkanes) is 41. The number of carbonyl (C=O) groups is 1. The van der Waals surface area contributed by atoms with Crippen molar-refractivity contribution in [1.29, 1.82) is 0 Å². The van der Waals surface area contributed by atoms with E-state index >= 15 is 0 Å². The number of aliphatic hydroxyl groups is 5. The molecule has 69 heavy (non-hydrogen) atoms. The Hall–Kier alpha value is -1.07. The molecule has 0 saturated carbocycles. The van der Waals surface area contributed by atoms with E-state index in [0.29, 0.717) is 12.8 Å². The largest absolute Gasteiger partial charge is 0.394 e. The van der Waals surface area contributed by atoms with Gasteiger partial charge in [0.25, 0.3) is 0 Å². The van der Waals surface area contributed by atoms with Gasteiger partial charge in [-0.25, -0.2) is 0 Å². The van der Waals surface area contributed by atoms with Crippen LogP contribution >= 0.6 is 0 Å². The summed E-state index contributed by atoms with van der Waals surface area (Å²) in [6.45, 7) is 3.77. The lowest BCUT2D eigenvalue weighted by molar-refractivity contribution is -0.302. The maximum Gasteiger partial charge on any atom is 0.220 e. The van der Waals surface area contributed by atoms with Crippen molar-refractivity contribution < 1.29 is 39.8 Å². The Kier molecular flexibility index (Phi) is 48.2. The quantitative estimate of drug-likeness (QED) is 0.0261. The smallest absolute Gasteiger partial charge is 0.220 e. The third kappa shape index (κ3) is 40.1. The van der Waals surface area contributed by atoms with Gasteiger partial charge in [-0.1, -0.05) is 276 Å². The molecule has 0 bridgehead atoms. The molecule has 1 amide bonds. The Balaban J connectivity index is 1.88. The van der Waals surface area contributed by atoms with Crippen LogP contribution in [-0.2, 0) is 14.3 Å². The molecule has 410 valence electrons. The van der Waals surface area contributed by atoms with Crippen LogP contribution in [0.5, 0.6) is 0 Å². The van der Waals surface area contributed by atoms with E-state index in [1.165, 1.54) is 231 Å². The Labute approximate surface area is 426 Å². The average Bonchev–Trinajstić information content (AvgIpc) is 3.35. The second kappa shape index (κ2) is 50.5. The van der Waals surface area contributed by atoms with Crippen molar-refractivity contribution in [3.05, 3.63) is 12.2 Å². The molecule has 1 fully saturated rings. The van der Waals surface area contributed by atoms with Crippen LogP contribution in [0.15, 0.2) is 12.2 Å². The first-order valence-electron chi connectivity index (χ1n) is 30.4. The van der Waals surface area contributed by atoms with Gasteiger partial charge in [-0.05, 0) is 38.5 Å². The minimum absolute atomic E-state index is 0.135. The number of carbonyl (C=O) groups excluding carboxylic acids is 1. The molecular weight excluding hydrogens is 863 g/mol. The number of hydrogen-bond acceptors (Lipinski definition) is 8. The molecule has 9 nitrogen and oxygen atoms in total. The number of ether oxygens (including phenoxy) is 2. The predicted octanol–water partition coefficient (Wildman–Crippen LogP) is 15.2. The fourth-order valence-corrected chi connectivity index (χ4v) is 10.0. The lowest BCUT2D eigenvalue weighted by Gasteiger charge is -2.40. The summed E-state index contributed by atoms with van der Waals surface area (Å²) in [5.41, 5.74) is 0. The average molecular weight is 981 g/mol. The highest BCUT2D eigenvalue weighted by atomic mass is 16.7. The molecule has 0 aliphatic carbocycles. The molecule has 0 aromatic rings. The highest BCUT2D eigenvalue weighted by Gasteiger charge is 2.44. The van der Waals surface area contributed by atoms with Crippen molar-refractivity contribution in [2.45, 2.75) is 352 Å². The summed E-state index contributed by atoms with van der Waals surface area (Å²) in [4.78, 5) is 12.9. The van der Waals surface area contributed by atoms with Gasteiger partial charge in [-0.2, -0.15) is 0 Å². The SMILES string of the molecule is CCCCCCCCCC/C=C\CCCCCCCCCCCCCCCCCCCCCCCCCCCCCCCC(=O)NC(COC1OC(CO)C(O)C(O)C1O)C(O)CCCCCCC. The second-order valence-electron chi connectivity index (χ2n) is 21.5. The van der Waals surface area contributed by atoms with E-state index in [0.717, 1.165) is 51.4 Å². The van der Waals surface area contributed by atoms with Crippen LogP contribution in [0, 0.1) is 0 Å².